The number of fused-ring (bicyclic) bond motifs is 1. The number of carbonyl (C=O) groups is 1. The molecule has 1 N–H and O–H groups in total. The average Bonchev–Trinajstić information content (AvgIpc) is 3.41. The number of carbonyl (C=O) groups excluding carboxylic acids is 1. The zero-order valence-electron chi connectivity index (χ0n) is 21.6. The van der Waals surface area contributed by atoms with E-state index in [4.69, 9.17) is 4.74 Å². The summed E-state index contributed by atoms with van der Waals surface area (Å²) >= 11 is 0. The third kappa shape index (κ3) is 6.01. The molecule has 192 valence electrons. The normalized spacial score (nSPS) is 14.6. The molecule has 1 amide bonds. The Kier molecular flexibility index (Phi) is 7.82. The van der Waals surface area contributed by atoms with Crippen molar-refractivity contribution in [2.45, 2.75) is 25.3 Å². The number of pyridine rings is 1. The molecule has 37 heavy (non-hydrogen) atoms. The number of para-hydroxylation sites is 1. The van der Waals surface area contributed by atoms with Crippen molar-refractivity contribution in [2.75, 3.05) is 40.3 Å². The summed E-state index contributed by atoms with van der Waals surface area (Å²) in [5, 5.41) is 3.25. The number of ether oxygens (including phenoxy) is 1. The lowest BCUT2D eigenvalue weighted by atomic mass is 9.92. The van der Waals surface area contributed by atoms with Crippen molar-refractivity contribution in [3.05, 3.63) is 95.9 Å². The first-order valence-electron chi connectivity index (χ1n) is 13.0. The molecular formula is C30H35N5O2. The van der Waals surface area contributed by atoms with Crippen LogP contribution in [0, 0.1) is 0 Å². The van der Waals surface area contributed by atoms with E-state index in [1.807, 2.05) is 68.8 Å². The number of hydrogen-bond donors (Lipinski definition) is 1. The molecule has 4 aromatic rings. The van der Waals surface area contributed by atoms with Gasteiger partial charge in [0.25, 0.3) is 5.91 Å². The molecule has 1 fully saturated rings. The predicted octanol–water partition coefficient (Wildman–Crippen LogP) is 4.80. The molecule has 0 atom stereocenters. The molecule has 5 rings (SSSR count). The van der Waals surface area contributed by atoms with E-state index in [1.165, 1.54) is 5.69 Å². The van der Waals surface area contributed by atoms with Crippen molar-refractivity contribution in [1.82, 2.24) is 24.5 Å². The van der Waals surface area contributed by atoms with Crippen LogP contribution in [0.5, 0.6) is 11.5 Å². The predicted molar refractivity (Wildman–Crippen MR) is 146 cm³/mol. The number of imidazole rings is 1. The molecule has 3 heterocycles. The van der Waals surface area contributed by atoms with Crippen LogP contribution in [0.25, 0.3) is 5.65 Å². The maximum absolute atomic E-state index is 13.3. The number of rotatable bonds is 9. The van der Waals surface area contributed by atoms with Gasteiger partial charge in [0, 0.05) is 56.3 Å². The number of nitrogens with one attached hydrogen (secondary N) is 1. The fourth-order valence-corrected chi connectivity index (χ4v) is 5.12. The number of likely N-dealkylation sites (tertiary alicyclic amines) is 1. The molecule has 1 aliphatic heterocycles. The van der Waals surface area contributed by atoms with Gasteiger partial charge in [-0.05, 0) is 81.0 Å². The van der Waals surface area contributed by atoms with Crippen LogP contribution in [0.3, 0.4) is 0 Å². The summed E-state index contributed by atoms with van der Waals surface area (Å²) in [7, 11) is 3.85. The number of hydrogen-bond acceptors (Lipinski definition) is 5. The van der Waals surface area contributed by atoms with Crippen molar-refractivity contribution in [2.24, 2.45) is 0 Å². The summed E-state index contributed by atoms with van der Waals surface area (Å²) in [5.74, 6) is 1.83. The van der Waals surface area contributed by atoms with Crippen LogP contribution in [-0.2, 0) is 6.54 Å². The minimum Gasteiger partial charge on any atom is -0.457 e. The van der Waals surface area contributed by atoms with Gasteiger partial charge in [0.1, 0.15) is 17.1 Å². The van der Waals surface area contributed by atoms with Crippen LogP contribution in [0.2, 0.25) is 0 Å². The van der Waals surface area contributed by atoms with Crippen molar-refractivity contribution in [3.63, 3.8) is 0 Å². The van der Waals surface area contributed by atoms with E-state index in [2.05, 4.69) is 37.9 Å². The monoisotopic (exact) mass is 497 g/mol. The summed E-state index contributed by atoms with van der Waals surface area (Å²) in [5.41, 5.74) is 3.92. The molecule has 0 unspecified atom stereocenters. The quantitative estimate of drug-likeness (QED) is 0.360. The molecule has 2 aromatic heterocycles. The van der Waals surface area contributed by atoms with Crippen LogP contribution < -0.4 is 10.1 Å². The Labute approximate surface area is 218 Å². The molecule has 0 bridgehead atoms. The smallest absolute Gasteiger partial charge is 0.254 e. The molecule has 1 saturated heterocycles. The highest BCUT2D eigenvalue weighted by molar-refractivity contribution is 5.94. The van der Waals surface area contributed by atoms with Crippen molar-refractivity contribution in [1.29, 1.82) is 0 Å². The fourth-order valence-electron chi connectivity index (χ4n) is 5.12. The second-order valence-electron chi connectivity index (χ2n) is 9.77. The average molecular weight is 498 g/mol. The largest absolute Gasteiger partial charge is 0.457 e. The van der Waals surface area contributed by atoms with Gasteiger partial charge in [0.15, 0.2) is 0 Å². The van der Waals surface area contributed by atoms with Gasteiger partial charge in [-0.1, -0.05) is 24.3 Å². The van der Waals surface area contributed by atoms with Gasteiger partial charge in [-0.3, -0.25) is 4.79 Å². The summed E-state index contributed by atoms with van der Waals surface area (Å²) in [4.78, 5) is 22.2. The van der Waals surface area contributed by atoms with Crippen LogP contribution in [0.4, 0.5) is 0 Å². The summed E-state index contributed by atoms with van der Waals surface area (Å²) < 4.78 is 8.14. The summed E-state index contributed by atoms with van der Waals surface area (Å²) in [6.07, 6.45) is 6.17. The summed E-state index contributed by atoms with van der Waals surface area (Å²) in [6.45, 7) is 4.83. The Morgan fingerprint density at radius 3 is 2.62 bits per heavy atom. The third-order valence-corrected chi connectivity index (χ3v) is 7.11. The molecule has 0 spiro atoms. The second kappa shape index (κ2) is 11.6. The zero-order chi connectivity index (χ0) is 25.6. The number of likely N-dealkylation sites (N-methyl/N-ethyl adjacent to an activating group) is 1. The second-order valence-corrected chi connectivity index (χ2v) is 9.77. The lowest BCUT2D eigenvalue weighted by Gasteiger charge is -2.32. The van der Waals surface area contributed by atoms with Gasteiger partial charge in [0.05, 0.1) is 0 Å². The number of aromatic nitrogens is 2. The van der Waals surface area contributed by atoms with Crippen molar-refractivity contribution in [3.8, 4) is 11.5 Å². The van der Waals surface area contributed by atoms with Gasteiger partial charge in [0.2, 0.25) is 0 Å². The molecule has 0 saturated carbocycles. The van der Waals surface area contributed by atoms with Crippen molar-refractivity contribution < 1.29 is 9.53 Å². The minimum absolute atomic E-state index is 0.0406. The maximum Gasteiger partial charge on any atom is 0.254 e. The fraction of sp³-hybridized carbons (Fsp3) is 0.333. The zero-order valence-corrected chi connectivity index (χ0v) is 21.6. The molecule has 0 aliphatic carbocycles. The van der Waals surface area contributed by atoms with E-state index in [9.17, 15) is 4.79 Å². The highest BCUT2D eigenvalue weighted by Gasteiger charge is 2.23. The lowest BCUT2D eigenvalue weighted by molar-refractivity contribution is 0.0784. The number of piperidine rings is 1. The Hall–Kier alpha value is -3.68. The first-order chi connectivity index (χ1) is 18.1. The number of nitrogens with zero attached hydrogens (tertiary/aromatic N) is 4. The van der Waals surface area contributed by atoms with E-state index < -0.39 is 0 Å². The summed E-state index contributed by atoms with van der Waals surface area (Å²) in [6, 6.07) is 21.3. The molecule has 0 radical (unpaired) electrons. The molecule has 7 nitrogen and oxygen atoms in total. The Morgan fingerprint density at radius 2 is 1.84 bits per heavy atom. The van der Waals surface area contributed by atoms with Gasteiger partial charge in [-0.15, -0.1) is 0 Å². The molecule has 7 heteroatoms. The standard InChI is InChI=1S/C30H35N5O2/c1-31-13-17-34-15-11-24(12-16-34)28-19-23(20-29-32-14-18-35(28)29)22-33(2)30(36)25-7-6-10-27(21-25)37-26-8-4-3-5-9-26/h3-10,14,18-21,24,31H,11-13,15-17,22H2,1-2H3. The highest BCUT2D eigenvalue weighted by atomic mass is 16.5. The Balaban J connectivity index is 1.29. The van der Waals surface area contributed by atoms with Crippen molar-refractivity contribution >= 4 is 11.6 Å². The first kappa shape index (κ1) is 25.0. The van der Waals surface area contributed by atoms with Gasteiger partial charge < -0.3 is 24.3 Å². The van der Waals surface area contributed by atoms with Gasteiger partial charge in [-0.25, -0.2) is 4.98 Å². The third-order valence-electron chi connectivity index (χ3n) is 7.11. The topological polar surface area (TPSA) is 62.1 Å². The van der Waals surface area contributed by atoms with E-state index in [1.54, 1.807) is 11.0 Å². The highest BCUT2D eigenvalue weighted by Crippen LogP contribution is 2.30. The van der Waals surface area contributed by atoms with E-state index in [-0.39, 0.29) is 5.91 Å². The SMILES string of the molecule is CNCCN1CCC(c2cc(CN(C)C(=O)c3cccc(Oc4ccccc4)c3)cc3nccn23)CC1. The minimum atomic E-state index is -0.0406. The van der Waals surface area contributed by atoms with Crippen LogP contribution in [0.1, 0.15) is 40.4 Å². The number of amides is 1. The van der Waals surface area contributed by atoms with E-state index in [0.717, 1.165) is 56.0 Å². The maximum atomic E-state index is 13.3. The Bertz CT molecular complexity index is 1330. The molecular weight excluding hydrogens is 462 g/mol. The Morgan fingerprint density at radius 1 is 1.05 bits per heavy atom. The lowest BCUT2D eigenvalue weighted by Crippen LogP contribution is -2.37. The van der Waals surface area contributed by atoms with E-state index >= 15 is 0 Å². The van der Waals surface area contributed by atoms with Crippen LogP contribution >= 0.6 is 0 Å². The first-order valence-corrected chi connectivity index (χ1v) is 13.0. The van der Waals surface area contributed by atoms with Gasteiger partial charge >= 0.3 is 0 Å². The van der Waals surface area contributed by atoms with Crippen LogP contribution in [0.15, 0.2) is 79.1 Å². The number of benzene rings is 2. The van der Waals surface area contributed by atoms with Gasteiger partial charge in [-0.2, -0.15) is 0 Å². The molecule has 2 aromatic carbocycles. The van der Waals surface area contributed by atoms with Crippen LogP contribution in [-0.4, -0.2) is 65.4 Å². The van der Waals surface area contributed by atoms with E-state index in [0.29, 0.717) is 23.8 Å². The molecule has 1 aliphatic rings.